The molecule has 0 amide bonds. The molecule has 4 aromatic rings. The van der Waals surface area contributed by atoms with Crippen LogP contribution in [0, 0.1) is 11.7 Å². The number of carboxylic acid groups (broad SMARTS) is 1. The minimum Gasteiger partial charge on any atom is -0.481 e. The van der Waals surface area contributed by atoms with Gasteiger partial charge in [-0.2, -0.15) is 0 Å². The number of nitrogens with zero attached hydrogens (tertiary/aromatic N) is 3. The standard InChI is InChI=1S/C23H19FN4O3/c24-18-10-14(5-6-17(18)22-27-19-3-1-2-4-20(19)28-22)15-11-25-23(26-12-15)31-16-7-13(8-16)9-21(29)30/h1-6,10-13,16H,7-9H2,(H,27,28)(H,29,30). The SMILES string of the molecule is O=C(O)CC1CC(Oc2ncc(-c3ccc(-c4nc5ccccc5[nH]4)c(F)c3)cn2)C1. The third-order valence-electron chi connectivity index (χ3n) is 5.50. The Morgan fingerprint density at radius 1 is 1.13 bits per heavy atom. The predicted molar refractivity (Wildman–Crippen MR) is 112 cm³/mol. The molecule has 0 unspecified atom stereocenters. The maximum atomic E-state index is 14.8. The molecule has 1 aliphatic rings. The van der Waals surface area contributed by atoms with Crippen molar-refractivity contribution in [2.45, 2.75) is 25.4 Å². The molecule has 0 bridgehead atoms. The van der Waals surface area contributed by atoms with Crippen molar-refractivity contribution in [2.24, 2.45) is 5.92 Å². The molecule has 5 rings (SSSR count). The van der Waals surface area contributed by atoms with Gasteiger partial charge in [-0.1, -0.05) is 18.2 Å². The average Bonchev–Trinajstić information content (AvgIpc) is 3.16. The molecule has 2 aromatic carbocycles. The Bertz CT molecular complexity index is 1220. The number of fused-ring (bicyclic) bond motifs is 1. The van der Waals surface area contributed by atoms with Crippen LogP contribution in [-0.2, 0) is 4.79 Å². The van der Waals surface area contributed by atoms with Crippen LogP contribution in [0.1, 0.15) is 19.3 Å². The third kappa shape index (κ3) is 3.96. The van der Waals surface area contributed by atoms with Gasteiger partial charge in [0.1, 0.15) is 17.7 Å². The van der Waals surface area contributed by atoms with E-state index in [0.29, 0.717) is 35.4 Å². The minimum atomic E-state index is -0.789. The number of imidazole rings is 1. The van der Waals surface area contributed by atoms with Crippen LogP contribution in [0.3, 0.4) is 0 Å². The first-order chi connectivity index (χ1) is 15.0. The lowest BCUT2D eigenvalue weighted by molar-refractivity contribution is -0.139. The van der Waals surface area contributed by atoms with Gasteiger partial charge in [0.2, 0.25) is 0 Å². The number of hydrogen-bond acceptors (Lipinski definition) is 5. The molecular formula is C23H19FN4O3. The first kappa shape index (κ1) is 19.2. The average molecular weight is 418 g/mol. The molecule has 0 aliphatic heterocycles. The van der Waals surface area contributed by atoms with E-state index >= 15 is 0 Å². The summed E-state index contributed by atoms with van der Waals surface area (Å²) >= 11 is 0. The molecule has 31 heavy (non-hydrogen) atoms. The van der Waals surface area contributed by atoms with Crippen LogP contribution in [-0.4, -0.2) is 37.1 Å². The first-order valence-electron chi connectivity index (χ1n) is 10.0. The lowest BCUT2D eigenvalue weighted by atomic mass is 9.80. The van der Waals surface area contributed by atoms with Gasteiger partial charge < -0.3 is 14.8 Å². The van der Waals surface area contributed by atoms with Crippen LogP contribution < -0.4 is 4.74 Å². The van der Waals surface area contributed by atoms with Crippen molar-refractivity contribution < 1.29 is 19.0 Å². The van der Waals surface area contributed by atoms with Gasteiger partial charge in [0.25, 0.3) is 0 Å². The van der Waals surface area contributed by atoms with Crippen molar-refractivity contribution in [3.63, 3.8) is 0 Å². The van der Waals surface area contributed by atoms with Crippen molar-refractivity contribution >= 4 is 17.0 Å². The molecule has 1 saturated carbocycles. The van der Waals surface area contributed by atoms with Gasteiger partial charge >= 0.3 is 12.0 Å². The monoisotopic (exact) mass is 418 g/mol. The summed E-state index contributed by atoms with van der Waals surface area (Å²) in [4.78, 5) is 26.7. The topological polar surface area (TPSA) is 101 Å². The fourth-order valence-corrected chi connectivity index (χ4v) is 3.83. The van der Waals surface area contributed by atoms with Crippen LogP contribution in [0.4, 0.5) is 4.39 Å². The Kier molecular flexibility index (Phi) is 4.82. The van der Waals surface area contributed by atoms with Crippen molar-refractivity contribution in [1.29, 1.82) is 0 Å². The maximum Gasteiger partial charge on any atom is 0.316 e. The molecule has 7 nitrogen and oxygen atoms in total. The fraction of sp³-hybridized carbons (Fsp3) is 0.217. The lowest BCUT2D eigenvalue weighted by Crippen LogP contribution is -2.35. The zero-order valence-corrected chi connectivity index (χ0v) is 16.5. The number of aromatic nitrogens is 4. The highest BCUT2D eigenvalue weighted by Crippen LogP contribution is 2.33. The van der Waals surface area contributed by atoms with Gasteiger partial charge in [0, 0.05) is 24.4 Å². The molecule has 0 spiro atoms. The highest BCUT2D eigenvalue weighted by Gasteiger charge is 2.32. The molecule has 2 aromatic heterocycles. The third-order valence-corrected chi connectivity index (χ3v) is 5.50. The molecule has 0 radical (unpaired) electrons. The highest BCUT2D eigenvalue weighted by molar-refractivity contribution is 5.80. The summed E-state index contributed by atoms with van der Waals surface area (Å²) < 4.78 is 20.5. The number of carbonyl (C=O) groups is 1. The van der Waals surface area contributed by atoms with E-state index in [2.05, 4.69) is 19.9 Å². The number of para-hydroxylation sites is 2. The summed E-state index contributed by atoms with van der Waals surface area (Å²) in [5, 5.41) is 8.80. The second-order valence-corrected chi connectivity index (χ2v) is 7.73. The number of carboxylic acids is 1. The Labute approximate surface area is 177 Å². The zero-order chi connectivity index (χ0) is 21.4. The number of hydrogen-bond donors (Lipinski definition) is 2. The van der Waals surface area contributed by atoms with E-state index in [1.54, 1.807) is 24.5 Å². The Morgan fingerprint density at radius 2 is 1.90 bits per heavy atom. The maximum absolute atomic E-state index is 14.8. The van der Waals surface area contributed by atoms with Crippen molar-refractivity contribution in [1.82, 2.24) is 19.9 Å². The predicted octanol–water partition coefficient (Wildman–Crippen LogP) is 4.46. The summed E-state index contributed by atoms with van der Waals surface area (Å²) in [7, 11) is 0. The summed E-state index contributed by atoms with van der Waals surface area (Å²) in [6.45, 7) is 0. The van der Waals surface area contributed by atoms with Gasteiger partial charge in [0.15, 0.2) is 0 Å². The number of rotatable bonds is 6. The molecular weight excluding hydrogens is 399 g/mol. The quantitative estimate of drug-likeness (QED) is 0.480. The molecule has 1 fully saturated rings. The number of H-pyrrole nitrogens is 1. The number of aliphatic carboxylic acids is 1. The molecule has 0 saturated heterocycles. The Hall–Kier alpha value is -3.81. The number of ether oxygens (including phenoxy) is 1. The molecule has 1 aliphatic carbocycles. The summed E-state index contributed by atoms with van der Waals surface area (Å²) in [6, 6.07) is 12.7. The van der Waals surface area contributed by atoms with Gasteiger partial charge in [0.05, 0.1) is 16.6 Å². The molecule has 8 heteroatoms. The molecule has 156 valence electrons. The normalized spacial score (nSPS) is 18.0. The van der Waals surface area contributed by atoms with Crippen LogP contribution in [0.5, 0.6) is 6.01 Å². The number of nitrogens with one attached hydrogen (secondary N) is 1. The lowest BCUT2D eigenvalue weighted by Gasteiger charge is -2.33. The highest BCUT2D eigenvalue weighted by atomic mass is 19.1. The number of benzene rings is 2. The second kappa shape index (κ2) is 7.79. The minimum absolute atomic E-state index is 0.0595. The summed E-state index contributed by atoms with van der Waals surface area (Å²) in [6.07, 6.45) is 4.65. The van der Waals surface area contributed by atoms with Gasteiger partial charge in [-0.15, -0.1) is 0 Å². The van der Waals surface area contributed by atoms with Crippen molar-refractivity contribution in [3.05, 3.63) is 60.7 Å². The zero-order valence-electron chi connectivity index (χ0n) is 16.5. The fourth-order valence-electron chi connectivity index (χ4n) is 3.83. The van der Waals surface area contributed by atoms with E-state index in [1.165, 1.54) is 6.07 Å². The molecule has 0 atom stereocenters. The van der Waals surface area contributed by atoms with Crippen LogP contribution >= 0.6 is 0 Å². The molecule has 2 N–H and O–H groups in total. The van der Waals surface area contributed by atoms with E-state index in [1.807, 2.05) is 24.3 Å². The van der Waals surface area contributed by atoms with Crippen LogP contribution in [0.25, 0.3) is 33.5 Å². The van der Waals surface area contributed by atoms with E-state index in [9.17, 15) is 9.18 Å². The van der Waals surface area contributed by atoms with Crippen LogP contribution in [0.2, 0.25) is 0 Å². The van der Waals surface area contributed by atoms with Gasteiger partial charge in [-0.3, -0.25) is 4.79 Å². The number of halogens is 1. The van der Waals surface area contributed by atoms with Crippen LogP contribution in [0.15, 0.2) is 54.9 Å². The van der Waals surface area contributed by atoms with Gasteiger partial charge in [-0.05, 0) is 48.6 Å². The first-order valence-corrected chi connectivity index (χ1v) is 10.0. The van der Waals surface area contributed by atoms with E-state index in [0.717, 1.165) is 11.0 Å². The van der Waals surface area contributed by atoms with Crippen molar-refractivity contribution in [2.75, 3.05) is 0 Å². The largest absolute Gasteiger partial charge is 0.481 e. The summed E-state index contributed by atoms with van der Waals surface area (Å²) in [5.74, 6) is -0.555. The van der Waals surface area contributed by atoms with E-state index in [4.69, 9.17) is 9.84 Å². The smallest absolute Gasteiger partial charge is 0.316 e. The Balaban J connectivity index is 1.28. The van der Waals surface area contributed by atoms with Crippen molar-refractivity contribution in [3.8, 4) is 28.5 Å². The van der Waals surface area contributed by atoms with E-state index < -0.39 is 11.8 Å². The number of aromatic amines is 1. The Morgan fingerprint density at radius 3 is 2.61 bits per heavy atom. The second-order valence-electron chi connectivity index (χ2n) is 7.73. The van der Waals surface area contributed by atoms with E-state index in [-0.39, 0.29) is 24.5 Å². The van der Waals surface area contributed by atoms with Gasteiger partial charge in [-0.25, -0.2) is 19.3 Å². The summed E-state index contributed by atoms with van der Waals surface area (Å²) in [5.41, 5.74) is 3.34. The molecule has 2 heterocycles.